The van der Waals surface area contributed by atoms with Crippen LogP contribution in [0.3, 0.4) is 0 Å². The summed E-state index contributed by atoms with van der Waals surface area (Å²) in [5.74, 6) is -0.779. The fourth-order valence-electron chi connectivity index (χ4n) is 3.26. The molecular weight excluding hydrogens is 272 g/mol. The molecule has 1 heterocycles. The van der Waals surface area contributed by atoms with E-state index in [4.69, 9.17) is 9.84 Å². The van der Waals surface area contributed by atoms with E-state index in [0.29, 0.717) is 32.5 Å². The Morgan fingerprint density at radius 2 is 1.81 bits per heavy atom. The van der Waals surface area contributed by atoms with Gasteiger partial charge in [0.2, 0.25) is 5.91 Å². The molecule has 1 aliphatic heterocycles. The summed E-state index contributed by atoms with van der Waals surface area (Å²) in [4.78, 5) is 23.5. The molecule has 2 rings (SSSR count). The summed E-state index contributed by atoms with van der Waals surface area (Å²) in [6.45, 7) is 4.81. The predicted molar refractivity (Wildman–Crippen MR) is 77.5 cm³/mol. The van der Waals surface area contributed by atoms with Crippen LogP contribution >= 0.6 is 0 Å². The molecule has 0 aromatic heterocycles. The average Bonchev–Trinajstić information content (AvgIpc) is 2.49. The molecule has 0 aromatic carbocycles. The lowest BCUT2D eigenvalue weighted by molar-refractivity contribution is -0.168. The molecule has 120 valence electrons. The number of morpholine rings is 1. The molecule has 2 aliphatic rings. The van der Waals surface area contributed by atoms with Crippen LogP contribution in [0.25, 0.3) is 0 Å². The highest BCUT2D eigenvalue weighted by Crippen LogP contribution is 2.29. The van der Waals surface area contributed by atoms with E-state index in [1.165, 1.54) is 0 Å². The average molecular weight is 298 g/mol. The lowest BCUT2D eigenvalue weighted by Gasteiger charge is -2.44. The Balaban J connectivity index is 2.01. The summed E-state index contributed by atoms with van der Waals surface area (Å²) >= 11 is 0. The van der Waals surface area contributed by atoms with Crippen LogP contribution in [0.2, 0.25) is 0 Å². The van der Waals surface area contributed by atoms with E-state index in [9.17, 15) is 9.59 Å². The van der Waals surface area contributed by atoms with E-state index in [1.807, 2.05) is 11.9 Å². The maximum Gasteiger partial charge on any atom is 0.306 e. The van der Waals surface area contributed by atoms with E-state index in [-0.39, 0.29) is 17.9 Å². The summed E-state index contributed by atoms with van der Waals surface area (Å²) in [5, 5.41) is 13.1. The third kappa shape index (κ3) is 4.17. The molecule has 0 atom stereocenters. The van der Waals surface area contributed by atoms with Gasteiger partial charge in [-0.05, 0) is 32.1 Å². The molecule has 6 nitrogen and oxygen atoms in total. The molecule has 6 heteroatoms. The summed E-state index contributed by atoms with van der Waals surface area (Å²) in [6.07, 6.45) is 4.29. The smallest absolute Gasteiger partial charge is 0.306 e. The van der Waals surface area contributed by atoms with Gasteiger partial charge in [0.1, 0.15) is 0 Å². The van der Waals surface area contributed by atoms with Crippen LogP contribution in [0.5, 0.6) is 0 Å². The van der Waals surface area contributed by atoms with Crippen LogP contribution < -0.4 is 0 Å². The van der Waals surface area contributed by atoms with Gasteiger partial charge in [-0.15, -0.1) is 0 Å². The zero-order valence-electron chi connectivity index (χ0n) is 12.8. The Labute approximate surface area is 126 Å². The number of amides is 1. The van der Waals surface area contributed by atoms with Crippen LogP contribution in [-0.4, -0.2) is 59.3 Å². The fourth-order valence-corrected chi connectivity index (χ4v) is 3.26. The van der Waals surface area contributed by atoms with Gasteiger partial charge in [0, 0.05) is 25.6 Å². The minimum absolute atomic E-state index is 0.151. The molecular formula is C15H26N2O4. The van der Waals surface area contributed by atoms with Crippen molar-refractivity contribution >= 4 is 11.9 Å². The van der Waals surface area contributed by atoms with Gasteiger partial charge >= 0.3 is 5.97 Å². The number of nitrogens with zero attached hydrogens (tertiary/aromatic N) is 2. The molecule has 1 N–H and O–H groups in total. The monoisotopic (exact) mass is 298 g/mol. The standard InChI is InChI=1S/C15H26N2O4/c1-2-3-14(18)17(16-8-10-21-11-9-16)13-6-4-12(5-7-13)15(19)20/h12-13H,2-11H2,1H3,(H,19,20). The molecule has 0 unspecified atom stereocenters. The minimum Gasteiger partial charge on any atom is -0.481 e. The Kier molecular flexibility index (Phi) is 5.99. The number of carbonyl (C=O) groups excluding carboxylic acids is 1. The molecule has 0 bridgehead atoms. The fraction of sp³-hybridized carbons (Fsp3) is 0.867. The second kappa shape index (κ2) is 7.75. The number of hydrogen-bond donors (Lipinski definition) is 1. The van der Waals surface area contributed by atoms with E-state index in [2.05, 4.69) is 5.01 Å². The SMILES string of the molecule is CCCC(=O)N(C1CCC(C(=O)O)CC1)N1CCOCC1. The molecule has 2 fully saturated rings. The summed E-state index contributed by atoms with van der Waals surface area (Å²) in [7, 11) is 0. The highest BCUT2D eigenvalue weighted by atomic mass is 16.5. The van der Waals surface area contributed by atoms with Gasteiger partial charge in [-0.2, -0.15) is 0 Å². The number of aliphatic carboxylic acids is 1. The number of carboxylic acids is 1. The largest absolute Gasteiger partial charge is 0.481 e. The number of hydrogen-bond acceptors (Lipinski definition) is 4. The van der Waals surface area contributed by atoms with Crippen LogP contribution in [-0.2, 0) is 14.3 Å². The molecule has 0 aromatic rings. The Morgan fingerprint density at radius 1 is 1.19 bits per heavy atom. The van der Waals surface area contributed by atoms with Crippen LogP contribution in [0.15, 0.2) is 0 Å². The zero-order valence-corrected chi connectivity index (χ0v) is 12.8. The number of carboxylic acid groups (broad SMARTS) is 1. The first kappa shape index (κ1) is 16.2. The van der Waals surface area contributed by atoms with E-state index in [0.717, 1.165) is 32.4 Å². The first-order valence-electron chi connectivity index (χ1n) is 8.01. The van der Waals surface area contributed by atoms with Gasteiger partial charge in [0.25, 0.3) is 0 Å². The summed E-state index contributed by atoms with van der Waals surface area (Å²) < 4.78 is 5.37. The van der Waals surface area contributed by atoms with Crippen LogP contribution in [0.1, 0.15) is 45.4 Å². The topological polar surface area (TPSA) is 70.1 Å². The summed E-state index contributed by atoms with van der Waals surface area (Å²) in [6, 6.07) is 0.151. The summed E-state index contributed by atoms with van der Waals surface area (Å²) in [5.41, 5.74) is 0. The van der Waals surface area contributed by atoms with Crippen molar-refractivity contribution in [1.82, 2.24) is 10.0 Å². The molecule has 0 radical (unpaired) electrons. The van der Waals surface area contributed by atoms with Gasteiger partial charge in [0.15, 0.2) is 0 Å². The zero-order chi connectivity index (χ0) is 15.2. The first-order valence-corrected chi connectivity index (χ1v) is 8.01. The second-order valence-corrected chi connectivity index (χ2v) is 5.90. The normalized spacial score (nSPS) is 27.3. The van der Waals surface area contributed by atoms with Gasteiger partial charge in [-0.25, -0.2) is 5.01 Å². The minimum atomic E-state index is -0.703. The molecule has 1 saturated heterocycles. The lowest BCUT2D eigenvalue weighted by atomic mass is 9.85. The third-order valence-corrected chi connectivity index (χ3v) is 4.40. The number of carbonyl (C=O) groups is 2. The van der Waals surface area contributed by atoms with Crippen molar-refractivity contribution in [2.45, 2.75) is 51.5 Å². The number of rotatable bonds is 5. The van der Waals surface area contributed by atoms with Crippen LogP contribution in [0.4, 0.5) is 0 Å². The Hall–Kier alpha value is -1.14. The van der Waals surface area contributed by atoms with Crippen molar-refractivity contribution in [1.29, 1.82) is 0 Å². The van der Waals surface area contributed by atoms with Crippen LogP contribution in [0, 0.1) is 5.92 Å². The molecule has 0 spiro atoms. The first-order chi connectivity index (χ1) is 10.1. The van der Waals surface area contributed by atoms with Gasteiger partial charge < -0.3 is 9.84 Å². The molecule has 1 saturated carbocycles. The molecule has 21 heavy (non-hydrogen) atoms. The van der Waals surface area contributed by atoms with Gasteiger partial charge in [-0.3, -0.25) is 14.6 Å². The molecule has 1 aliphatic carbocycles. The van der Waals surface area contributed by atoms with Crippen molar-refractivity contribution in [2.24, 2.45) is 5.92 Å². The highest BCUT2D eigenvalue weighted by molar-refractivity contribution is 5.76. The maximum absolute atomic E-state index is 12.5. The lowest BCUT2D eigenvalue weighted by Crippen LogP contribution is -2.56. The van der Waals surface area contributed by atoms with Gasteiger partial charge in [0.05, 0.1) is 19.1 Å². The van der Waals surface area contributed by atoms with Gasteiger partial charge in [-0.1, -0.05) is 6.92 Å². The van der Waals surface area contributed by atoms with E-state index in [1.54, 1.807) is 0 Å². The van der Waals surface area contributed by atoms with Crippen molar-refractivity contribution in [2.75, 3.05) is 26.3 Å². The van der Waals surface area contributed by atoms with Crippen molar-refractivity contribution in [3.8, 4) is 0 Å². The third-order valence-electron chi connectivity index (χ3n) is 4.40. The Bertz CT molecular complexity index is 361. The molecule has 1 amide bonds. The Morgan fingerprint density at radius 3 is 2.33 bits per heavy atom. The van der Waals surface area contributed by atoms with E-state index >= 15 is 0 Å². The predicted octanol–water partition coefficient (Wildman–Crippen LogP) is 1.51. The number of ether oxygens (including phenoxy) is 1. The quantitative estimate of drug-likeness (QED) is 0.833. The highest BCUT2D eigenvalue weighted by Gasteiger charge is 2.34. The number of hydrazine groups is 1. The van der Waals surface area contributed by atoms with Crippen molar-refractivity contribution in [3.63, 3.8) is 0 Å². The van der Waals surface area contributed by atoms with Crippen molar-refractivity contribution < 1.29 is 19.4 Å². The van der Waals surface area contributed by atoms with E-state index < -0.39 is 5.97 Å². The second-order valence-electron chi connectivity index (χ2n) is 5.90. The van der Waals surface area contributed by atoms with Crippen molar-refractivity contribution in [3.05, 3.63) is 0 Å². The maximum atomic E-state index is 12.5.